The standard InChI is InChI=1S/C14H20N2O2/c1-10-7-8-11(15)9-13(10)16-14(17)18-12-5-3-2-4-6-12/h7-9,12H,2-6,15H2,1H3,(H,16,17). The van der Waals surface area contributed by atoms with E-state index in [0.717, 1.165) is 36.9 Å². The van der Waals surface area contributed by atoms with Crippen molar-refractivity contribution in [3.63, 3.8) is 0 Å². The number of rotatable bonds is 2. The zero-order valence-corrected chi connectivity index (χ0v) is 10.7. The maximum Gasteiger partial charge on any atom is 0.411 e. The Morgan fingerprint density at radius 2 is 2.06 bits per heavy atom. The lowest BCUT2D eigenvalue weighted by Crippen LogP contribution is -2.24. The van der Waals surface area contributed by atoms with Crippen LogP contribution in [0.15, 0.2) is 18.2 Å². The van der Waals surface area contributed by atoms with Crippen LogP contribution < -0.4 is 11.1 Å². The first kappa shape index (κ1) is 12.7. The fourth-order valence-corrected chi connectivity index (χ4v) is 2.25. The Morgan fingerprint density at radius 3 is 2.78 bits per heavy atom. The molecule has 98 valence electrons. The van der Waals surface area contributed by atoms with Crippen LogP contribution in [0.1, 0.15) is 37.7 Å². The Labute approximate surface area is 108 Å². The molecule has 1 aliphatic carbocycles. The van der Waals surface area contributed by atoms with Crippen molar-refractivity contribution in [3.05, 3.63) is 23.8 Å². The van der Waals surface area contributed by atoms with Gasteiger partial charge in [0, 0.05) is 11.4 Å². The van der Waals surface area contributed by atoms with Crippen LogP contribution in [0.25, 0.3) is 0 Å². The summed E-state index contributed by atoms with van der Waals surface area (Å²) in [4.78, 5) is 11.8. The van der Waals surface area contributed by atoms with Crippen LogP contribution in [0.2, 0.25) is 0 Å². The van der Waals surface area contributed by atoms with E-state index >= 15 is 0 Å². The summed E-state index contributed by atoms with van der Waals surface area (Å²) in [5.74, 6) is 0. The molecule has 0 aromatic heterocycles. The molecule has 0 aliphatic heterocycles. The SMILES string of the molecule is Cc1ccc(N)cc1NC(=O)OC1CCCCC1. The number of hydrogen-bond acceptors (Lipinski definition) is 3. The van der Waals surface area contributed by atoms with E-state index in [2.05, 4.69) is 5.32 Å². The first-order chi connectivity index (χ1) is 8.65. The predicted octanol–water partition coefficient (Wildman–Crippen LogP) is 3.46. The first-order valence-electron chi connectivity index (χ1n) is 6.49. The summed E-state index contributed by atoms with van der Waals surface area (Å²) in [6, 6.07) is 5.44. The lowest BCUT2D eigenvalue weighted by Gasteiger charge is -2.22. The second-order valence-electron chi connectivity index (χ2n) is 4.86. The molecule has 0 bridgehead atoms. The van der Waals surface area contributed by atoms with Crippen LogP contribution >= 0.6 is 0 Å². The van der Waals surface area contributed by atoms with Gasteiger partial charge in [-0.2, -0.15) is 0 Å². The zero-order valence-electron chi connectivity index (χ0n) is 10.7. The Hall–Kier alpha value is -1.71. The molecular formula is C14H20N2O2. The highest BCUT2D eigenvalue weighted by Crippen LogP contribution is 2.22. The summed E-state index contributed by atoms with van der Waals surface area (Å²) < 4.78 is 5.40. The highest BCUT2D eigenvalue weighted by atomic mass is 16.6. The molecule has 4 nitrogen and oxygen atoms in total. The molecule has 1 saturated carbocycles. The van der Waals surface area contributed by atoms with Gasteiger partial charge in [-0.25, -0.2) is 4.79 Å². The molecule has 1 aromatic carbocycles. The molecule has 0 saturated heterocycles. The Kier molecular flexibility index (Phi) is 4.07. The van der Waals surface area contributed by atoms with Gasteiger partial charge >= 0.3 is 6.09 Å². The van der Waals surface area contributed by atoms with Crippen LogP contribution in [0.3, 0.4) is 0 Å². The van der Waals surface area contributed by atoms with Crippen molar-refractivity contribution < 1.29 is 9.53 Å². The quantitative estimate of drug-likeness (QED) is 0.788. The summed E-state index contributed by atoms with van der Waals surface area (Å²) in [5.41, 5.74) is 8.02. The molecule has 0 atom stereocenters. The van der Waals surface area contributed by atoms with E-state index in [1.807, 2.05) is 19.1 Å². The maximum atomic E-state index is 11.8. The Morgan fingerprint density at radius 1 is 1.33 bits per heavy atom. The van der Waals surface area contributed by atoms with Gasteiger partial charge in [-0.05, 0) is 50.3 Å². The van der Waals surface area contributed by atoms with Crippen molar-refractivity contribution in [1.29, 1.82) is 0 Å². The van der Waals surface area contributed by atoms with Gasteiger partial charge < -0.3 is 10.5 Å². The number of aryl methyl sites for hydroxylation is 1. The molecular weight excluding hydrogens is 228 g/mol. The van der Waals surface area contributed by atoms with Crippen LogP contribution in [-0.4, -0.2) is 12.2 Å². The van der Waals surface area contributed by atoms with Crippen molar-refractivity contribution >= 4 is 17.5 Å². The minimum Gasteiger partial charge on any atom is -0.446 e. The molecule has 1 amide bonds. The number of ether oxygens (including phenoxy) is 1. The molecule has 3 N–H and O–H groups in total. The number of carbonyl (C=O) groups excluding carboxylic acids is 1. The monoisotopic (exact) mass is 248 g/mol. The third-order valence-corrected chi connectivity index (χ3v) is 3.32. The third kappa shape index (κ3) is 3.39. The minimum atomic E-state index is -0.379. The number of benzene rings is 1. The van der Waals surface area contributed by atoms with Gasteiger partial charge in [-0.3, -0.25) is 5.32 Å². The largest absolute Gasteiger partial charge is 0.446 e. The fourth-order valence-electron chi connectivity index (χ4n) is 2.25. The molecule has 0 unspecified atom stereocenters. The predicted molar refractivity (Wildman–Crippen MR) is 72.6 cm³/mol. The lowest BCUT2D eigenvalue weighted by molar-refractivity contribution is 0.0865. The average Bonchev–Trinajstić information content (AvgIpc) is 2.35. The Bertz CT molecular complexity index is 426. The zero-order chi connectivity index (χ0) is 13.0. The summed E-state index contributed by atoms with van der Waals surface area (Å²) in [5, 5.41) is 2.76. The van der Waals surface area contributed by atoms with E-state index in [1.165, 1.54) is 6.42 Å². The van der Waals surface area contributed by atoms with E-state index in [0.29, 0.717) is 5.69 Å². The van der Waals surface area contributed by atoms with Gasteiger partial charge in [0.25, 0.3) is 0 Å². The van der Waals surface area contributed by atoms with Gasteiger partial charge in [0.2, 0.25) is 0 Å². The van der Waals surface area contributed by atoms with E-state index in [4.69, 9.17) is 10.5 Å². The van der Waals surface area contributed by atoms with Crippen molar-refractivity contribution in [2.75, 3.05) is 11.1 Å². The number of anilines is 2. The van der Waals surface area contributed by atoms with Crippen LogP contribution in [-0.2, 0) is 4.74 Å². The van der Waals surface area contributed by atoms with E-state index < -0.39 is 0 Å². The highest BCUT2D eigenvalue weighted by molar-refractivity contribution is 5.86. The average molecular weight is 248 g/mol. The highest BCUT2D eigenvalue weighted by Gasteiger charge is 2.17. The summed E-state index contributed by atoms with van der Waals surface area (Å²) >= 11 is 0. The van der Waals surface area contributed by atoms with Gasteiger partial charge in [0.05, 0.1) is 0 Å². The molecule has 0 heterocycles. The smallest absolute Gasteiger partial charge is 0.411 e. The summed E-state index contributed by atoms with van der Waals surface area (Å²) in [7, 11) is 0. The summed E-state index contributed by atoms with van der Waals surface area (Å²) in [6.45, 7) is 1.93. The van der Waals surface area contributed by atoms with Crippen LogP contribution in [0.5, 0.6) is 0 Å². The number of carbonyl (C=O) groups is 1. The van der Waals surface area contributed by atoms with E-state index in [1.54, 1.807) is 6.07 Å². The van der Waals surface area contributed by atoms with Gasteiger partial charge in [-0.1, -0.05) is 12.5 Å². The number of hydrogen-bond donors (Lipinski definition) is 2. The minimum absolute atomic E-state index is 0.0696. The number of nitrogen functional groups attached to an aromatic ring is 1. The third-order valence-electron chi connectivity index (χ3n) is 3.32. The van der Waals surface area contributed by atoms with Crippen LogP contribution in [0.4, 0.5) is 16.2 Å². The van der Waals surface area contributed by atoms with Crippen molar-refractivity contribution in [3.8, 4) is 0 Å². The van der Waals surface area contributed by atoms with Crippen molar-refractivity contribution in [1.82, 2.24) is 0 Å². The van der Waals surface area contributed by atoms with Crippen molar-refractivity contribution in [2.45, 2.75) is 45.1 Å². The number of amides is 1. The molecule has 0 spiro atoms. The molecule has 1 aliphatic rings. The van der Waals surface area contributed by atoms with E-state index in [-0.39, 0.29) is 12.2 Å². The molecule has 0 radical (unpaired) electrons. The maximum absolute atomic E-state index is 11.8. The number of nitrogens with one attached hydrogen (secondary N) is 1. The normalized spacial score (nSPS) is 16.3. The molecule has 4 heteroatoms. The van der Waals surface area contributed by atoms with Crippen molar-refractivity contribution in [2.24, 2.45) is 0 Å². The summed E-state index contributed by atoms with van der Waals surface area (Å²) in [6.07, 6.45) is 5.18. The fraction of sp³-hybridized carbons (Fsp3) is 0.500. The van der Waals surface area contributed by atoms with Gasteiger partial charge in [0.1, 0.15) is 6.10 Å². The molecule has 1 fully saturated rings. The number of nitrogens with two attached hydrogens (primary N) is 1. The van der Waals surface area contributed by atoms with Gasteiger partial charge in [0.15, 0.2) is 0 Å². The van der Waals surface area contributed by atoms with Gasteiger partial charge in [-0.15, -0.1) is 0 Å². The molecule has 18 heavy (non-hydrogen) atoms. The second kappa shape index (κ2) is 5.76. The molecule has 1 aromatic rings. The molecule has 2 rings (SSSR count). The first-order valence-corrected chi connectivity index (χ1v) is 6.49. The van der Waals surface area contributed by atoms with E-state index in [9.17, 15) is 4.79 Å². The topological polar surface area (TPSA) is 64.3 Å². The second-order valence-corrected chi connectivity index (χ2v) is 4.86. The van der Waals surface area contributed by atoms with Crippen LogP contribution in [0, 0.1) is 6.92 Å². The lowest BCUT2D eigenvalue weighted by atomic mass is 9.98. The Balaban J connectivity index is 1.92.